The standard InChI is InChI=1S/C14H10F6N2/c1-7-4-3-5-9-12(7)10(21-8(2)13(15,16)17)6-11(22-9)14(18,19)20/h3-6H,1-2H3. The van der Waals surface area contributed by atoms with Crippen LogP contribution in [0.25, 0.3) is 10.9 Å². The molecule has 0 aliphatic carbocycles. The molecule has 0 saturated heterocycles. The number of aromatic nitrogens is 1. The summed E-state index contributed by atoms with van der Waals surface area (Å²) in [4.78, 5) is 6.81. The Kier molecular flexibility index (Phi) is 3.88. The number of fused-ring (bicyclic) bond motifs is 1. The van der Waals surface area contributed by atoms with Gasteiger partial charge < -0.3 is 0 Å². The van der Waals surface area contributed by atoms with Crippen molar-refractivity contribution in [2.45, 2.75) is 26.2 Å². The van der Waals surface area contributed by atoms with Crippen LogP contribution in [0.5, 0.6) is 0 Å². The molecular formula is C14H10F6N2. The van der Waals surface area contributed by atoms with Crippen molar-refractivity contribution in [3.8, 4) is 0 Å². The summed E-state index contributed by atoms with van der Waals surface area (Å²) in [5.41, 5.74) is -2.46. The topological polar surface area (TPSA) is 25.2 Å². The molecule has 0 N–H and O–H groups in total. The van der Waals surface area contributed by atoms with Crippen LogP contribution in [-0.2, 0) is 6.18 Å². The lowest BCUT2D eigenvalue weighted by atomic mass is 10.1. The van der Waals surface area contributed by atoms with Crippen LogP contribution in [0.3, 0.4) is 0 Å². The lowest BCUT2D eigenvalue weighted by Gasteiger charge is -2.12. The summed E-state index contributed by atoms with van der Waals surface area (Å²) >= 11 is 0. The molecule has 1 heterocycles. The van der Waals surface area contributed by atoms with Gasteiger partial charge in [-0.3, -0.25) is 0 Å². The number of benzene rings is 1. The fourth-order valence-electron chi connectivity index (χ4n) is 1.92. The maximum atomic E-state index is 12.8. The SMILES string of the molecule is CC(=Nc1cc(C(F)(F)F)nc2cccc(C)c12)C(F)(F)F. The monoisotopic (exact) mass is 320 g/mol. The summed E-state index contributed by atoms with van der Waals surface area (Å²) < 4.78 is 76.3. The van der Waals surface area contributed by atoms with E-state index in [1.807, 2.05) is 0 Å². The van der Waals surface area contributed by atoms with Crippen molar-refractivity contribution < 1.29 is 26.3 Å². The van der Waals surface area contributed by atoms with Crippen molar-refractivity contribution in [2.75, 3.05) is 0 Å². The molecular weight excluding hydrogens is 310 g/mol. The maximum Gasteiger partial charge on any atom is 0.433 e. The third kappa shape index (κ3) is 3.20. The molecule has 1 aromatic heterocycles. The first-order valence-corrected chi connectivity index (χ1v) is 6.10. The molecule has 0 amide bonds. The minimum absolute atomic E-state index is 0.0523. The van der Waals surface area contributed by atoms with Gasteiger partial charge in [0.05, 0.1) is 11.2 Å². The van der Waals surface area contributed by atoms with E-state index in [4.69, 9.17) is 0 Å². The van der Waals surface area contributed by atoms with Crippen molar-refractivity contribution in [1.29, 1.82) is 0 Å². The van der Waals surface area contributed by atoms with Gasteiger partial charge in [-0.2, -0.15) is 26.3 Å². The Bertz CT molecular complexity index is 743. The average Bonchev–Trinajstić information content (AvgIpc) is 2.36. The van der Waals surface area contributed by atoms with Gasteiger partial charge in [0.15, 0.2) is 0 Å². The minimum atomic E-state index is -4.77. The van der Waals surface area contributed by atoms with Crippen LogP contribution in [0.4, 0.5) is 32.0 Å². The number of hydrogen-bond acceptors (Lipinski definition) is 2. The highest BCUT2D eigenvalue weighted by atomic mass is 19.4. The number of hydrogen-bond donors (Lipinski definition) is 0. The zero-order valence-corrected chi connectivity index (χ0v) is 11.5. The second kappa shape index (κ2) is 5.26. The van der Waals surface area contributed by atoms with Gasteiger partial charge in [-0.1, -0.05) is 12.1 Å². The molecule has 0 spiro atoms. The fourth-order valence-corrected chi connectivity index (χ4v) is 1.92. The number of alkyl halides is 6. The number of halogens is 6. The lowest BCUT2D eigenvalue weighted by Crippen LogP contribution is -2.19. The van der Waals surface area contributed by atoms with E-state index < -0.39 is 29.4 Å². The molecule has 0 atom stereocenters. The Hall–Kier alpha value is -2.12. The quantitative estimate of drug-likeness (QED) is 0.522. The van der Waals surface area contributed by atoms with E-state index in [1.54, 1.807) is 13.0 Å². The molecule has 118 valence electrons. The highest BCUT2D eigenvalue weighted by molar-refractivity contribution is 5.98. The third-order valence-electron chi connectivity index (χ3n) is 3.01. The largest absolute Gasteiger partial charge is 0.433 e. The Balaban J connectivity index is 2.80. The van der Waals surface area contributed by atoms with Gasteiger partial charge in [0.1, 0.15) is 11.4 Å². The summed E-state index contributed by atoms with van der Waals surface area (Å²) in [7, 11) is 0. The zero-order chi connectivity index (χ0) is 16.7. The van der Waals surface area contributed by atoms with Crippen molar-refractivity contribution in [3.63, 3.8) is 0 Å². The summed E-state index contributed by atoms with van der Waals surface area (Å²) in [5.74, 6) is 0. The number of rotatable bonds is 1. The van der Waals surface area contributed by atoms with Gasteiger partial charge in [0, 0.05) is 5.39 Å². The van der Waals surface area contributed by atoms with Crippen LogP contribution in [0.1, 0.15) is 18.2 Å². The zero-order valence-electron chi connectivity index (χ0n) is 11.5. The Morgan fingerprint density at radius 1 is 1.09 bits per heavy atom. The molecule has 0 aliphatic rings. The number of nitrogens with zero attached hydrogens (tertiary/aromatic N) is 2. The van der Waals surface area contributed by atoms with E-state index in [-0.39, 0.29) is 10.9 Å². The molecule has 0 fully saturated rings. The first kappa shape index (κ1) is 16.3. The molecule has 8 heteroatoms. The van der Waals surface area contributed by atoms with Crippen LogP contribution in [0.15, 0.2) is 29.3 Å². The second-order valence-corrected chi connectivity index (χ2v) is 4.69. The number of aliphatic imine (C=N–C) groups is 1. The van der Waals surface area contributed by atoms with Gasteiger partial charge in [0.2, 0.25) is 0 Å². The highest BCUT2D eigenvalue weighted by Crippen LogP contribution is 2.36. The van der Waals surface area contributed by atoms with Crippen LogP contribution in [-0.4, -0.2) is 16.9 Å². The molecule has 0 bridgehead atoms. The van der Waals surface area contributed by atoms with Gasteiger partial charge in [-0.25, -0.2) is 9.98 Å². The predicted octanol–water partition coefficient (Wildman–Crippen LogP) is 5.22. The minimum Gasteiger partial charge on any atom is -0.248 e. The van der Waals surface area contributed by atoms with Gasteiger partial charge in [-0.05, 0) is 31.5 Å². The number of aryl methyl sites for hydroxylation is 1. The molecule has 0 radical (unpaired) electrons. The van der Waals surface area contributed by atoms with Crippen LogP contribution < -0.4 is 0 Å². The molecule has 0 unspecified atom stereocenters. The van der Waals surface area contributed by atoms with E-state index in [2.05, 4.69) is 9.98 Å². The van der Waals surface area contributed by atoms with Gasteiger partial charge >= 0.3 is 12.4 Å². The van der Waals surface area contributed by atoms with E-state index in [0.29, 0.717) is 18.6 Å². The lowest BCUT2D eigenvalue weighted by molar-refractivity contribution is -0.140. The molecule has 1 aromatic carbocycles. The third-order valence-corrected chi connectivity index (χ3v) is 3.01. The van der Waals surface area contributed by atoms with E-state index in [9.17, 15) is 26.3 Å². The molecule has 2 rings (SSSR count). The van der Waals surface area contributed by atoms with Crippen molar-refractivity contribution in [1.82, 2.24) is 4.98 Å². The Morgan fingerprint density at radius 2 is 1.73 bits per heavy atom. The van der Waals surface area contributed by atoms with Gasteiger partial charge in [0.25, 0.3) is 0 Å². The van der Waals surface area contributed by atoms with Crippen molar-refractivity contribution in [3.05, 3.63) is 35.5 Å². The van der Waals surface area contributed by atoms with Crippen molar-refractivity contribution >= 4 is 22.3 Å². The predicted molar refractivity (Wildman–Crippen MR) is 70.3 cm³/mol. The van der Waals surface area contributed by atoms with Crippen LogP contribution in [0, 0.1) is 6.92 Å². The van der Waals surface area contributed by atoms with Crippen molar-refractivity contribution in [2.24, 2.45) is 4.99 Å². The normalized spacial score (nSPS) is 13.7. The summed E-state index contributed by atoms with van der Waals surface area (Å²) in [6, 6.07) is 4.89. The van der Waals surface area contributed by atoms with Gasteiger partial charge in [-0.15, -0.1) is 0 Å². The Labute approximate surface area is 121 Å². The summed E-state index contributed by atoms with van der Waals surface area (Å²) in [6.07, 6.45) is -9.48. The first-order valence-electron chi connectivity index (χ1n) is 6.10. The van der Waals surface area contributed by atoms with Crippen LogP contribution in [0.2, 0.25) is 0 Å². The Morgan fingerprint density at radius 3 is 2.27 bits per heavy atom. The molecule has 0 saturated carbocycles. The summed E-state index contributed by atoms with van der Waals surface area (Å²) in [6.45, 7) is 2.27. The first-order chi connectivity index (χ1) is 10.00. The van der Waals surface area contributed by atoms with E-state index in [0.717, 1.165) is 0 Å². The maximum absolute atomic E-state index is 12.8. The van der Waals surface area contributed by atoms with E-state index in [1.165, 1.54) is 12.1 Å². The average molecular weight is 320 g/mol. The van der Waals surface area contributed by atoms with Crippen LogP contribution >= 0.6 is 0 Å². The van der Waals surface area contributed by atoms with E-state index >= 15 is 0 Å². The molecule has 22 heavy (non-hydrogen) atoms. The second-order valence-electron chi connectivity index (χ2n) is 4.69. The molecule has 0 aliphatic heterocycles. The summed E-state index contributed by atoms with van der Waals surface area (Å²) in [5, 5.41) is 0.166. The highest BCUT2D eigenvalue weighted by Gasteiger charge is 2.35. The fraction of sp³-hybridized carbons (Fsp3) is 0.286. The number of pyridine rings is 1. The smallest absolute Gasteiger partial charge is 0.248 e. The molecule has 2 aromatic rings. The molecule has 2 nitrogen and oxygen atoms in total.